The Bertz CT molecular complexity index is 663. The molecule has 0 aliphatic carbocycles. The van der Waals surface area contributed by atoms with Crippen LogP contribution >= 0.6 is 0 Å². The Morgan fingerprint density at radius 3 is 2.48 bits per heavy atom. The fourth-order valence-corrected chi connectivity index (χ4v) is 3.87. The van der Waals surface area contributed by atoms with Gasteiger partial charge in [-0.25, -0.2) is 13.1 Å². The van der Waals surface area contributed by atoms with E-state index in [2.05, 4.69) is 9.82 Å². The van der Waals surface area contributed by atoms with Gasteiger partial charge in [0.2, 0.25) is 5.91 Å². The quantitative estimate of drug-likeness (QED) is 0.860. The predicted molar refractivity (Wildman–Crippen MR) is 73.8 cm³/mol. The first-order valence-corrected chi connectivity index (χ1v) is 8.42. The molecular weight excluding hydrogens is 337 g/mol. The first-order valence-electron chi connectivity index (χ1n) is 6.93. The monoisotopic (exact) mass is 354 g/mol. The smallest absolute Gasteiger partial charge is 0.342 e. The van der Waals surface area contributed by atoms with Crippen LogP contribution in [0.15, 0.2) is 17.3 Å². The normalized spacial score (nSPS) is 17.5. The van der Waals surface area contributed by atoms with Crippen molar-refractivity contribution in [1.82, 2.24) is 19.4 Å². The van der Waals surface area contributed by atoms with Gasteiger partial charge in [-0.05, 0) is 18.9 Å². The topological polar surface area (TPSA) is 84.3 Å². The van der Waals surface area contributed by atoms with Gasteiger partial charge in [-0.2, -0.15) is 18.3 Å². The summed E-state index contributed by atoms with van der Waals surface area (Å²) in [5.74, 6) is -0.981. The molecule has 1 N–H and O–H groups in total. The fraction of sp³-hybridized carbons (Fsp3) is 0.667. The number of carbonyl (C=O) groups is 1. The van der Waals surface area contributed by atoms with Crippen molar-refractivity contribution in [2.75, 3.05) is 13.1 Å². The number of nitrogens with zero attached hydrogens (tertiary/aromatic N) is 3. The third kappa shape index (κ3) is 4.67. The number of amides is 1. The van der Waals surface area contributed by atoms with E-state index in [1.165, 1.54) is 24.0 Å². The van der Waals surface area contributed by atoms with Gasteiger partial charge >= 0.3 is 6.18 Å². The van der Waals surface area contributed by atoms with Crippen LogP contribution in [-0.2, 0) is 21.9 Å². The number of aromatic nitrogens is 2. The number of hydrogen-bond acceptors (Lipinski definition) is 4. The third-order valence-electron chi connectivity index (χ3n) is 3.57. The lowest BCUT2D eigenvalue weighted by Gasteiger charge is -2.32. The van der Waals surface area contributed by atoms with Crippen molar-refractivity contribution in [1.29, 1.82) is 0 Å². The van der Waals surface area contributed by atoms with Gasteiger partial charge in [0.05, 0.1) is 6.20 Å². The molecule has 1 saturated heterocycles. The van der Waals surface area contributed by atoms with Crippen LogP contribution in [0.2, 0.25) is 0 Å². The van der Waals surface area contributed by atoms with Crippen molar-refractivity contribution < 1.29 is 26.4 Å². The zero-order valence-corrected chi connectivity index (χ0v) is 13.2. The standard InChI is InChI=1S/C12H17F3N4O3S/c1-18-11(2-5-16-18)23(21,22)17-9-3-6-19(7-4-9)10(20)8-12(13,14)15/h2,5,9,17H,3-4,6-8H2,1H3. The molecule has 11 heteroatoms. The van der Waals surface area contributed by atoms with Crippen LogP contribution in [0.1, 0.15) is 19.3 Å². The fourth-order valence-electron chi connectivity index (χ4n) is 2.44. The van der Waals surface area contributed by atoms with Crippen molar-refractivity contribution in [3.05, 3.63) is 12.3 Å². The SMILES string of the molecule is Cn1nccc1S(=O)(=O)NC1CCN(C(=O)CC(F)(F)F)CC1. The lowest BCUT2D eigenvalue weighted by atomic mass is 10.1. The van der Waals surface area contributed by atoms with Crippen LogP contribution in [0.25, 0.3) is 0 Å². The summed E-state index contributed by atoms with van der Waals surface area (Å²) in [5, 5.41) is 3.79. The molecule has 0 unspecified atom stereocenters. The Morgan fingerprint density at radius 2 is 2.00 bits per heavy atom. The van der Waals surface area contributed by atoms with Crippen molar-refractivity contribution >= 4 is 15.9 Å². The molecule has 7 nitrogen and oxygen atoms in total. The number of aryl methyl sites for hydroxylation is 1. The molecule has 0 bridgehead atoms. The van der Waals surface area contributed by atoms with Gasteiger partial charge in [-0.3, -0.25) is 9.48 Å². The maximum absolute atomic E-state index is 12.2. The highest BCUT2D eigenvalue weighted by atomic mass is 32.2. The molecule has 1 fully saturated rings. The van der Waals surface area contributed by atoms with E-state index in [-0.39, 0.29) is 31.0 Å². The van der Waals surface area contributed by atoms with Gasteiger partial charge in [-0.1, -0.05) is 0 Å². The van der Waals surface area contributed by atoms with E-state index in [0.717, 1.165) is 4.90 Å². The molecule has 0 saturated carbocycles. The molecule has 0 atom stereocenters. The average molecular weight is 354 g/mol. The Labute approximate surface area is 131 Å². The third-order valence-corrected chi connectivity index (χ3v) is 5.17. The van der Waals surface area contributed by atoms with Crippen molar-refractivity contribution in [3.63, 3.8) is 0 Å². The summed E-state index contributed by atoms with van der Waals surface area (Å²) in [6, 6.07) is 0.925. The van der Waals surface area contributed by atoms with E-state index in [1.807, 2.05) is 0 Å². The van der Waals surface area contributed by atoms with E-state index in [1.54, 1.807) is 0 Å². The molecule has 2 rings (SSSR count). The minimum Gasteiger partial charge on any atom is -0.342 e. The Morgan fingerprint density at radius 1 is 1.39 bits per heavy atom. The van der Waals surface area contributed by atoms with Crippen molar-refractivity contribution in [3.8, 4) is 0 Å². The summed E-state index contributed by atoms with van der Waals surface area (Å²) in [7, 11) is -2.25. The number of alkyl halides is 3. The Kier molecular flexibility index (Phi) is 4.99. The average Bonchev–Trinajstić information content (AvgIpc) is 2.84. The van der Waals surface area contributed by atoms with Gasteiger partial charge in [0, 0.05) is 26.2 Å². The lowest BCUT2D eigenvalue weighted by Crippen LogP contribution is -2.47. The molecule has 1 aliphatic rings. The number of likely N-dealkylation sites (tertiary alicyclic amines) is 1. The van der Waals surface area contributed by atoms with Crippen LogP contribution in [0.4, 0.5) is 13.2 Å². The second-order valence-corrected chi connectivity index (χ2v) is 7.02. The molecule has 130 valence electrons. The second kappa shape index (κ2) is 6.48. The molecular formula is C12H17F3N4O3S. The number of halogens is 3. The van der Waals surface area contributed by atoms with Crippen molar-refractivity contribution in [2.45, 2.75) is 36.5 Å². The maximum Gasteiger partial charge on any atom is 0.397 e. The number of rotatable bonds is 4. The summed E-state index contributed by atoms with van der Waals surface area (Å²) in [4.78, 5) is 12.6. The highest BCUT2D eigenvalue weighted by Gasteiger charge is 2.35. The number of nitrogens with one attached hydrogen (secondary N) is 1. The van der Waals surface area contributed by atoms with E-state index in [4.69, 9.17) is 0 Å². The van der Waals surface area contributed by atoms with E-state index >= 15 is 0 Å². The lowest BCUT2D eigenvalue weighted by molar-refractivity contribution is -0.162. The van der Waals surface area contributed by atoms with Gasteiger partial charge in [0.15, 0.2) is 5.03 Å². The zero-order valence-electron chi connectivity index (χ0n) is 12.4. The molecule has 1 aromatic rings. The molecule has 0 aromatic carbocycles. The van der Waals surface area contributed by atoms with Crippen molar-refractivity contribution in [2.24, 2.45) is 7.05 Å². The predicted octanol–water partition coefficient (Wildman–Crippen LogP) is 0.642. The molecule has 0 spiro atoms. The maximum atomic E-state index is 12.2. The van der Waals surface area contributed by atoms with E-state index in [0.29, 0.717) is 0 Å². The molecule has 2 heterocycles. The summed E-state index contributed by atoms with van der Waals surface area (Å²) >= 11 is 0. The van der Waals surface area contributed by atoms with Crippen LogP contribution in [0, 0.1) is 0 Å². The van der Waals surface area contributed by atoms with Crippen LogP contribution in [0.5, 0.6) is 0 Å². The van der Waals surface area contributed by atoms with Crippen LogP contribution in [0.3, 0.4) is 0 Å². The Hall–Kier alpha value is -1.62. The first-order chi connectivity index (χ1) is 10.6. The van der Waals surface area contributed by atoms with E-state index in [9.17, 15) is 26.4 Å². The van der Waals surface area contributed by atoms with E-state index < -0.39 is 34.6 Å². The molecule has 1 amide bonds. The van der Waals surface area contributed by atoms with Crippen LogP contribution in [-0.4, -0.2) is 54.3 Å². The molecule has 23 heavy (non-hydrogen) atoms. The molecule has 0 radical (unpaired) electrons. The summed E-state index contributed by atoms with van der Waals surface area (Å²) in [6.45, 7) is 0.182. The second-order valence-electron chi connectivity index (χ2n) is 5.36. The Balaban J connectivity index is 1.90. The molecule has 1 aliphatic heterocycles. The number of hydrogen-bond donors (Lipinski definition) is 1. The van der Waals surface area contributed by atoms with Gasteiger partial charge in [0.1, 0.15) is 6.42 Å². The number of piperidine rings is 1. The van der Waals surface area contributed by atoms with Gasteiger partial charge < -0.3 is 4.90 Å². The molecule has 1 aromatic heterocycles. The first kappa shape index (κ1) is 17.7. The summed E-state index contributed by atoms with van der Waals surface area (Å²) < 4.78 is 64.7. The highest BCUT2D eigenvalue weighted by molar-refractivity contribution is 7.89. The zero-order chi connectivity index (χ0) is 17.3. The van der Waals surface area contributed by atoms with Crippen LogP contribution < -0.4 is 4.72 Å². The minimum atomic E-state index is -4.53. The number of carbonyl (C=O) groups excluding carboxylic acids is 1. The van der Waals surface area contributed by atoms with Gasteiger partial charge in [0.25, 0.3) is 10.0 Å². The highest BCUT2D eigenvalue weighted by Crippen LogP contribution is 2.22. The summed E-state index contributed by atoms with van der Waals surface area (Å²) in [5.41, 5.74) is 0. The largest absolute Gasteiger partial charge is 0.397 e. The minimum absolute atomic E-state index is 0.00748. The van der Waals surface area contributed by atoms with Gasteiger partial charge in [-0.15, -0.1) is 0 Å². The number of sulfonamides is 1. The summed E-state index contributed by atoms with van der Waals surface area (Å²) in [6.07, 6.45) is -4.14.